The number of hydrogen-bond donors (Lipinski definition) is 1. The second-order valence-corrected chi connectivity index (χ2v) is 6.44. The number of carbonyl (C=O) groups excluding carboxylic acids is 1. The first kappa shape index (κ1) is 14.7. The lowest BCUT2D eigenvalue weighted by atomic mass is 10.1. The molecule has 1 amide bonds. The molecule has 1 atom stereocenters. The molecule has 4 nitrogen and oxygen atoms in total. The first-order chi connectivity index (χ1) is 11.3. The molecule has 1 aliphatic heterocycles. The van der Waals surface area contributed by atoms with Crippen molar-refractivity contribution in [1.82, 2.24) is 10.2 Å². The zero-order chi connectivity index (χ0) is 15.6. The highest BCUT2D eigenvalue weighted by atomic mass is 16.5. The predicted octanol–water partition coefficient (Wildman–Crippen LogP) is 2.32. The molecule has 1 aliphatic carbocycles. The number of nitrogens with zero attached hydrogens (tertiary/aromatic N) is 1. The Kier molecular flexibility index (Phi) is 4.02. The van der Waals surface area contributed by atoms with Crippen LogP contribution in [0.4, 0.5) is 0 Å². The third-order valence-corrected chi connectivity index (χ3v) is 4.64. The van der Waals surface area contributed by atoms with E-state index < -0.39 is 0 Å². The van der Waals surface area contributed by atoms with Gasteiger partial charge in [0.2, 0.25) is 0 Å². The van der Waals surface area contributed by atoms with Gasteiger partial charge in [0.05, 0.1) is 6.61 Å². The van der Waals surface area contributed by atoms with E-state index in [1.54, 1.807) is 0 Å². The van der Waals surface area contributed by atoms with Gasteiger partial charge in [-0.3, -0.25) is 4.79 Å². The lowest BCUT2D eigenvalue weighted by Gasteiger charge is -2.30. The van der Waals surface area contributed by atoms with Gasteiger partial charge in [-0.25, -0.2) is 0 Å². The highest BCUT2D eigenvalue weighted by molar-refractivity contribution is 5.84. The Bertz CT molecular complexity index is 705. The number of nitrogens with one attached hydrogen (secondary N) is 1. The number of rotatable bonds is 4. The van der Waals surface area contributed by atoms with Gasteiger partial charge in [0, 0.05) is 25.7 Å². The molecule has 120 valence electrons. The maximum absolute atomic E-state index is 12.8. The highest BCUT2D eigenvalue weighted by Gasteiger charge is 2.36. The van der Waals surface area contributed by atoms with E-state index in [4.69, 9.17) is 4.74 Å². The van der Waals surface area contributed by atoms with Crippen molar-refractivity contribution in [3.63, 3.8) is 0 Å². The topological polar surface area (TPSA) is 41.6 Å². The fourth-order valence-corrected chi connectivity index (χ4v) is 3.22. The van der Waals surface area contributed by atoms with Gasteiger partial charge < -0.3 is 15.0 Å². The zero-order valence-corrected chi connectivity index (χ0v) is 13.2. The molecule has 0 spiro atoms. The molecule has 2 aromatic carbocycles. The molecule has 1 saturated carbocycles. The Morgan fingerprint density at radius 2 is 2.00 bits per heavy atom. The minimum atomic E-state index is -0.329. The molecule has 0 bridgehead atoms. The summed E-state index contributed by atoms with van der Waals surface area (Å²) >= 11 is 0. The summed E-state index contributed by atoms with van der Waals surface area (Å²) in [7, 11) is 0. The smallest absolute Gasteiger partial charge is 0.253 e. The van der Waals surface area contributed by atoms with Crippen LogP contribution in [-0.4, -0.2) is 42.6 Å². The van der Waals surface area contributed by atoms with Gasteiger partial charge in [0.15, 0.2) is 0 Å². The van der Waals surface area contributed by atoms with Gasteiger partial charge in [0.1, 0.15) is 6.10 Å². The van der Waals surface area contributed by atoms with Crippen molar-refractivity contribution in [2.24, 2.45) is 0 Å². The predicted molar refractivity (Wildman–Crippen MR) is 90.1 cm³/mol. The Labute approximate surface area is 136 Å². The van der Waals surface area contributed by atoms with E-state index in [2.05, 4.69) is 47.8 Å². The molecule has 4 heteroatoms. The highest BCUT2D eigenvalue weighted by Crippen LogP contribution is 2.30. The Hall–Kier alpha value is -1.91. The lowest BCUT2D eigenvalue weighted by molar-refractivity contribution is -0.146. The van der Waals surface area contributed by atoms with Gasteiger partial charge in [-0.2, -0.15) is 0 Å². The van der Waals surface area contributed by atoms with Crippen LogP contribution in [0.5, 0.6) is 0 Å². The molecule has 2 fully saturated rings. The Balaban J connectivity index is 1.54. The van der Waals surface area contributed by atoms with Crippen molar-refractivity contribution in [2.45, 2.75) is 31.5 Å². The summed E-state index contributed by atoms with van der Waals surface area (Å²) in [6, 6.07) is 15.2. The van der Waals surface area contributed by atoms with Crippen molar-refractivity contribution in [1.29, 1.82) is 0 Å². The largest absolute Gasteiger partial charge is 0.366 e. The van der Waals surface area contributed by atoms with E-state index in [1.165, 1.54) is 16.3 Å². The SMILES string of the molecule is O=C([C@H]1CNCCO1)N(Cc1ccc2ccccc2c1)C1CC1. The second-order valence-electron chi connectivity index (χ2n) is 6.44. The number of fused-ring (bicyclic) bond motifs is 1. The summed E-state index contributed by atoms with van der Waals surface area (Å²) < 4.78 is 5.65. The average Bonchev–Trinajstić information content (AvgIpc) is 3.45. The molecule has 1 N–H and O–H groups in total. The molecule has 0 unspecified atom stereocenters. The molecule has 0 radical (unpaired) electrons. The second kappa shape index (κ2) is 6.30. The summed E-state index contributed by atoms with van der Waals surface area (Å²) in [5.41, 5.74) is 1.19. The molecule has 2 aliphatic rings. The van der Waals surface area contributed by atoms with E-state index >= 15 is 0 Å². The molecule has 2 aromatic rings. The molecule has 0 aromatic heterocycles. The third-order valence-electron chi connectivity index (χ3n) is 4.64. The quantitative estimate of drug-likeness (QED) is 0.942. The Morgan fingerprint density at radius 1 is 1.17 bits per heavy atom. The van der Waals surface area contributed by atoms with Crippen LogP contribution < -0.4 is 5.32 Å². The molecule has 4 rings (SSSR count). The molecular weight excluding hydrogens is 288 g/mol. The van der Waals surface area contributed by atoms with E-state index in [0.717, 1.165) is 19.4 Å². The van der Waals surface area contributed by atoms with E-state index in [0.29, 0.717) is 25.7 Å². The van der Waals surface area contributed by atoms with Gasteiger partial charge in [-0.1, -0.05) is 36.4 Å². The summed E-state index contributed by atoms with van der Waals surface area (Å²) in [6.45, 7) is 2.75. The first-order valence-electron chi connectivity index (χ1n) is 8.42. The normalized spacial score (nSPS) is 21.3. The molecule has 23 heavy (non-hydrogen) atoms. The van der Waals surface area contributed by atoms with Crippen LogP contribution in [0.2, 0.25) is 0 Å². The van der Waals surface area contributed by atoms with Crippen molar-refractivity contribution in [3.05, 3.63) is 48.0 Å². The monoisotopic (exact) mass is 310 g/mol. The van der Waals surface area contributed by atoms with Crippen molar-refractivity contribution in [2.75, 3.05) is 19.7 Å². The first-order valence-corrected chi connectivity index (χ1v) is 8.42. The standard InChI is InChI=1S/C19H22N2O2/c22-19(18-12-20-9-10-23-18)21(17-7-8-17)13-14-5-6-15-3-1-2-4-16(15)11-14/h1-6,11,17-18,20H,7-10,12-13H2/t18-/m1/s1. The maximum Gasteiger partial charge on any atom is 0.253 e. The zero-order valence-electron chi connectivity index (χ0n) is 13.2. The van der Waals surface area contributed by atoms with Gasteiger partial charge >= 0.3 is 0 Å². The van der Waals surface area contributed by atoms with Crippen molar-refractivity contribution in [3.8, 4) is 0 Å². The van der Waals surface area contributed by atoms with Crippen molar-refractivity contribution < 1.29 is 9.53 Å². The molecule has 1 heterocycles. The third kappa shape index (κ3) is 3.23. The van der Waals surface area contributed by atoms with Crippen LogP contribution in [0.3, 0.4) is 0 Å². The van der Waals surface area contributed by atoms with Crippen LogP contribution in [0.25, 0.3) is 10.8 Å². The fourth-order valence-electron chi connectivity index (χ4n) is 3.22. The minimum Gasteiger partial charge on any atom is -0.366 e. The maximum atomic E-state index is 12.8. The number of carbonyl (C=O) groups is 1. The number of benzene rings is 2. The van der Waals surface area contributed by atoms with Gasteiger partial charge in [0.25, 0.3) is 5.91 Å². The van der Waals surface area contributed by atoms with Crippen LogP contribution in [-0.2, 0) is 16.1 Å². The summed E-state index contributed by atoms with van der Waals surface area (Å²) in [6.07, 6.45) is 1.89. The van der Waals surface area contributed by atoms with Crippen LogP contribution in [0.15, 0.2) is 42.5 Å². The summed E-state index contributed by atoms with van der Waals surface area (Å²) in [4.78, 5) is 14.8. The van der Waals surface area contributed by atoms with Crippen LogP contribution in [0.1, 0.15) is 18.4 Å². The molecule has 1 saturated heterocycles. The average molecular weight is 310 g/mol. The van der Waals surface area contributed by atoms with Crippen LogP contribution in [0, 0.1) is 0 Å². The van der Waals surface area contributed by atoms with E-state index in [-0.39, 0.29) is 12.0 Å². The van der Waals surface area contributed by atoms with Crippen molar-refractivity contribution >= 4 is 16.7 Å². The summed E-state index contributed by atoms with van der Waals surface area (Å²) in [5, 5.41) is 5.71. The number of hydrogen-bond acceptors (Lipinski definition) is 3. The fraction of sp³-hybridized carbons (Fsp3) is 0.421. The number of amides is 1. The number of ether oxygens (including phenoxy) is 1. The number of morpholine rings is 1. The van der Waals surface area contributed by atoms with Gasteiger partial charge in [-0.15, -0.1) is 0 Å². The molecular formula is C19H22N2O2. The minimum absolute atomic E-state index is 0.132. The van der Waals surface area contributed by atoms with E-state index in [9.17, 15) is 4.79 Å². The van der Waals surface area contributed by atoms with Crippen LogP contribution >= 0.6 is 0 Å². The lowest BCUT2D eigenvalue weighted by Crippen LogP contribution is -2.49. The Morgan fingerprint density at radius 3 is 2.74 bits per heavy atom. The van der Waals surface area contributed by atoms with E-state index in [1.807, 2.05) is 4.90 Å². The summed E-state index contributed by atoms with van der Waals surface area (Å²) in [5.74, 6) is 0.132. The van der Waals surface area contributed by atoms with Gasteiger partial charge in [-0.05, 0) is 35.2 Å².